The van der Waals surface area contributed by atoms with Crippen LogP contribution in [0.25, 0.3) is 43.6 Å². The largest absolute Gasteiger partial charge is 0.375 e. The molecule has 3 aliphatic rings. The minimum Gasteiger partial charge on any atom is -0.375 e. The fourth-order valence-corrected chi connectivity index (χ4v) is 8.31. The van der Waals surface area contributed by atoms with E-state index in [0.29, 0.717) is 17.5 Å². The lowest BCUT2D eigenvalue weighted by Crippen LogP contribution is -2.59. The summed E-state index contributed by atoms with van der Waals surface area (Å²) >= 11 is 0. The minimum absolute atomic E-state index is 0.0166. The van der Waals surface area contributed by atoms with Gasteiger partial charge in [-0.25, -0.2) is 0 Å². The average Bonchev–Trinajstić information content (AvgIpc) is 3.66. The summed E-state index contributed by atoms with van der Waals surface area (Å²) in [6, 6.07) is 25.6. The predicted molar refractivity (Wildman–Crippen MR) is 165 cm³/mol. The molecule has 4 atom stereocenters. The van der Waals surface area contributed by atoms with Crippen molar-refractivity contribution in [2.24, 2.45) is 0 Å². The van der Waals surface area contributed by atoms with Crippen molar-refractivity contribution in [2.45, 2.75) is 44.0 Å². The van der Waals surface area contributed by atoms with Gasteiger partial charge in [-0.2, -0.15) is 0 Å². The van der Waals surface area contributed by atoms with E-state index in [1.165, 1.54) is 4.90 Å². The Hall–Kier alpha value is -4.50. The normalized spacial score (nSPS) is 24.5. The van der Waals surface area contributed by atoms with Crippen molar-refractivity contribution in [3.05, 3.63) is 95.6 Å². The van der Waals surface area contributed by atoms with Crippen LogP contribution in [0.3, 0.4) is 0 Å². The summed E-state index contributed by atoms with van der Waals surface area (Å²) < 4.78 is 18.0. The smallest absolute Gasteiger partial charge is 0.262 e. The first-order chi connectivity index (χ1) is 21.0. The van der Waals surface area contributed by atoms with Gasteiger partial charge in [-0.15, -0.1) is 0 Å². The number of ether oxygens (including phenoxy) is 2. The van der Waals surface area contributed by atoms with Crippen LogP contribution in [0.4, 0.5) is 0 Å². The number of rotatable bonds is 3. The lowest BCUT2D eigenvalue weighted by Gasteiger charge is -2.48. The van der Waals surface area contributed by atoms with Crippen LogP contribution in [0.5, 0.6) is 0 Å². The first kappa shape index (κ1) is 25.0. The Labute approximate surface area is 247 Å². The van der Waals surface area contributed by atoms with Gasteiger partial charge >= 0.3 is 0 Å². The topological polar surface area (TPSA) is 77.7 Å². The fourth-order valence-electron chi connectivity index (χ4n) is 8.31. The third-order valence-corrected chi connectivity index (χ3v) is 9.98. The summed E-state index contributed by atoms with van der Waals surface area (Å²) in [5.74, 6) is -0.543. The van der Waals surface area contributed by atoms with Gasteiger partial charge in [0.15, 0.2) is 5.72 Å². The van der Waals surface area contributed by atoms with E-state index in [4.69, 9.17) is 9.47 Å². The number of imide groups is 1. The number of aromatic nitrogens is 2. The van der Waals surface area contributed by atoms with Crippen LogP contribution in [0.1, 0.15) is 45.9 Å². The second kappa shape index (κ2) is 8.54. The molecule has 8 nitrogen and oxygen atoms in total. The highest BCUT2D eigenvalue weighted by Gasteiger charge is 2.53. The number of nitrogens with zero attached hydrogens (tertiary/aromatic N) is 3. The molecule has 1 saturated heterocycles. The summed E-state index contributed by atoms with van der Waals surface area (Å²) in [5, 5.41) is 7.40. The molecule has 3 aliphatic heterocycles. The first-order valence-electron chi connectivity index (χ1n) is 14.8. The number of carbonyl (C=O) groups excluding carboxylic acids is 2. The molecule has 1 N–H and O–H groups in total. The average molecular weight is 571 g/mol. The second-order valence-electron chi connectivity index (χ2n) is 12.0. The van der Waals surface area contributed by atoms with Crippen molar-refractivity contribution in [1.82, 2.24) is 19.4 Å². The Bertz CT molecular complexity index is 2180. The summed E-state index contributed by atoms with van der Waals surface area (Å²) in [4.78, 5) is 29.7. The molecular weight excluding hydrogens is 540 g/mol. The van der Waals surface area contributed by atoms with E-state index in [-0.39, 0.29) is 36.7 Å². The molecule has 2 aromatic heterocycles. The van der Waals surface area contributed by atoms with Gasteiger partial charge in [-0.1, -0.05) is 54.6 Å². The number of fused-ring (bicyclic) bond motifs is 13. The molecule has 4 aromatic carbocycles. The Morgan fingerprint density at radius 1 is 0.930 bits per heavy atom. The highest BCUT2D eigenvalue weighted by molar-refractivity contribution is 6.32. The number of carbonyl (C=O) groups is 2. The quantitative estimate of drug-likeness (QED) is 0.268. The maximum absolute atomic E-state index is 14.5. The van der Waals surface area contributed by atoms with E-state index in [1.807, 2.05) is 49.5 Å². The number of benzene rings is 4. The molecule has 0 aliphatic carbocycles. The molecule has 0 spiro atoms. The fraction of sp³-hybridized carbons (Fsp3) is 0.257. The van der Waals surface area contributed by atoms with Crippen molar-refractivity contribution in [3.63, 3.8) is 0 Å². The Morgan fingerprint density at radius 3 is 2.33 bits per heavy atom. The molecule has 6 aromatic rings. The lowest BCUT2D eigenvalue weighted by atomic mass is 9.93. The highest BCUT2D eigenvalue weighted by atomic mass is 16.6. The van der Waals surface area contributed by atoms with Crippen molar-refractivity contribution in [1.29, 1.82) is 0 Å². The number of amides is 2. The lowest BCUT2D eigenvalue weighted by molar-refractivity contribution is -0.256. The van der Waals surface area contributed by atoms with Crippen LogP contribution in [-0.4, -0.2) is 52.2 Å². The molecule has 8 heteroatoms. The van der Waals surface area contributed by atoms with Crippen LogP contribution in [0.15, 0.2) is 78.9 Å². The van der Waals surface area contributed by atoms with Crippen LogP contribution in [0.2, 0.25) is 0 Å². The molecule has 2 amide bonds. The van der Waals surface area contributed by atoms with Crippen molar-refractivity contribution in [2.75, 3.05) is 14.2 Å². The zero-order valence-electron chi connectivity index (χ0n) is 24.1. The van der Waals surface area contributed by atoms with Gasteiger partial charge in [0.25, 0.3) is 11.8 Å². The Morgan fingerprint density at radius 2 is 1.60 bits per heavy atom. The third kappa shape index (κ3) is 2.95. The van der Waals surface area contributed by atoms with Crippen LogP contribution in [-0.2, 0) is 21.7 Å². The van der Waals surface area contributed by atoms with Gasteiger partial charge in [-0.05, 0) is 43.8 Å². The number of nitrogens with one attached hydrogen (secondary N) is 1. The van der Waals surface area contributed by atoms with Crippen LogP contribution >= 0.6 is 0 Å². The molecule has 5 heterocycles. The number of para-hydroxylation sites is 2. The van der Waals surface area contributed by atoms with Gasteiger partial charge in [-0.3, -0.25) is 14.5 Å². The highest BCUT2D eigenvalue weighted by Crippen LogP contribution is 2.54. The molecule has 43 heavy (non-hydrogen) atoms. The first-order valence-corrected chi connectivity index (χ1v) is 14.8. The van der Waals surface area contributed by atoms with E-state index in [0.717, 1.165) is 49.2 Å². The molecule has 0 radical (unpaired) electrons. The molecule has 2 bridgehead atoms. The van der Waals surface area contributed by atoms with Gasteiger partial charge < -0.3 is 23.9 Å². The monoisotopic (exact) mass is 570 g/mol. The SMILES string of the molecule is CN[C@H]1C[C@H]2OC(C)([C@H]1OC)n1c3ccccc3c3c4c(c5c6ccccc6n2c5c31)C(=O)N(C(=O)c1ccccc1)C4. The van der Waals surface area contributed by atoms with Gasteiger partial charge in [0.05, 0.1) is 34.2 Å². The van der Waals surface area contributed by atoms with Crippen LogP contribution in [0, 0.1) is 0 Å². The van der Waals surface area contributed by atoms with Gasteiger partial charge in [0.2, 0.25) is 0 Å². The minimum atomic E-state index is -0.865. The summed E-state index contributed by atoms with van der Waals surface area (Å²) in [7, 11) is 3.72. The Balaban J connectivity index is 1.48. The zero-order chi connectivity index (χ0) is 29.2. The zero-order valence-corrected chi connectivity index (χ0v) is 24.1. The predicted octanol–water partition coefficient (Wildman–Crippen LogP) is 5.91. The van der Waals surface area contributed by atoms with E-state index in [2.05, 4.69) is 45.6 Å². The van der Waals surface area contributed by atoms with Crippen molar-refractivity contribution in [3.8, 4) is 0 Å². The van der Waals surface area contributed by atoms with Crippen LogP contribution < -0.4 is 5.32 Å². The standard InChI is InChI=1S/C35H30N4O4/c1-35-32(42-3)23(36-2)17-26(43-35)38-24-15-9-7-13-20(24)28-29-22(18-37(34(29)41)33(40)19-11-5-4-6-12-19)27-21-14-8-10-16-25(21)39(35)31(27)30(28)38/h4-16,23,26,32,36H,17-18H2,1-3H3/t23-,26+,32-,35?/m0/s1. The van der Waals surface area contributed by atoms with E-state index >= 15 is 0 Å². The maximum Gasteiger partial charge on any atom is 0.262 e. The molecule has 9 rings (SSSR count). The molecule has 1 fully saturated rings. The van der Waals surface area contributed by atoms with Crippen molar-refractivity contribution >= 4 is 55.4 Å². The summed E-state index contributed by atoms with van der Waals surface area (Å²) in [6.45, 7) is 2.32. The van der Waals surface area contributed by atoms with Gasteiger partial charge in [0, 0.05) is 46.7 Å². The Kier molecular flexibility index (Phi) is 4.97. The second-order valence-corrected chi connectivity index (χ2v) is 12.0. The molecule has 0 saturated carbocycles. The van der Waals surface area contributed by atoms with E-state index in [9.17, 15) is 9.59 Å². The van der Waals surface area contributed by atoms with E-state index < -0.39 is 5.72 Å². The number of methoxy groups -OCH3 is 1. The molecule has 1 unspecified atom stereocenters. The van der Waals surface area contributed by atoms with Crippen molar-refractivity contribution < 1.29 is 19.1 Å². The molecular formula is C35H30N4O4. The summed E-state index contributed by atoms with van der Waals surface area (Å²) in [6.07, 6.45) is 0.0890. The maximum atomic E-state index is 14.5. The van der Waals surface area contributed by atoms with Gasteiger partial charge in [0.1, 0.15) is 12.3 Å². The van der Waals surface area contributed by atoms with E-state index in [1.54, 1.807) is 19.2 Å². The number of likely N-dealkylation sites (N-methyl/N-ethyl adjacent to an activating group) is 1. The summed E-state index contributed by atoms with van der Waals surface area (Å²) in [5.41, 5.74) is 5.12. The number of hydrogen-bond acceptors (Lipinski definition) is 5. The molecule has 214 valence electrons. The number of hydrogen-bond donors (Lipinski definition) is 1. The third-order valence-electron chi connectivity index (χ3n) is 9.98.